The van der Waals surface area contributed by atoms with Crippen LogP contribution in [0.3, 0.4) is 0 Å². The van der Waals surface area contributed by atoms with E-state index in [9.17, 15) is 9.59 Å². The summed E-state index contributed by atoms with van der Waals surface area (Å²) in [5, 5.41) is 3.56. The van der Waals surface area contributed by atoms with Crippen molar-refractivity contribution >= 4 is 29.8 Å². The van der Waals surface area contributed by atoms with E-state index in [0.29, 0.717) is 18.9 Å². The third kappa shape index (κ3) is 5.33. The molecule has 0 aromatic heterocycles. The summed E-state index contributed by atoms with van der Waals surface area (Å²) in [7, 11) is 1.71. The maximum Gasteiger partial charge on any atom is 0.227 e. The van der Waals surface area contributed by atoms with Crippen LogP contribution in [0.2, 0.25) is 0 Å². The highest BCUT2D eigenvalue weighted by molar-refractivity contribution is 6.02. The van der Waals surface area contributed by atoms with Gasteiger partial charge in [-0.15, -0.1) is 12.4 Å². The van der Waals surface area contributed by atoms with Gasteiger partial charge in [0.25, 0.3) is 0 Å². The molecule has 0 radical (unpaired) electrons. The van der Waals surface area contributed by atoms with Crippen LogP contribution in [0.25, 0.3) is 0 Å². The summed E-state index contributed by atoms with van der Waals surface area (Å²) in [5.41, 5.74) is 5.45. The predicted octanol–water partition coefficient (Wildman–Crippen LogP) is 4.53. The number of benzene rings is 2. The molecular weight excluding hydrogens is 424 g/mol. The number of anilines is 1. The van der Waals surface area contributed by atoms with E-state index in [4.69, 9.17) is 4.74 Å². The van der Waals surface area contributed by atoms with Crippen molar-refractivity contribution in [2.75, 3.05) is 25.1 Å². The number of hydrogen-bond donors (Lipinski definition) is 1. The van der Waals surface area contributed by atoms with Gasteiger partial charge in [-0.3, -0.25) is 9.59 Å². The first-order valence-electron chi connectivity index (χ1n) is 11.4. The lowest BCUT2D eigenvalue weighted by atomic mass is 9.94. The van der Waals surface area contributed by atoms with Gasteiger partial charge in [0.1, 0.15) is 5.75 Å². The van der Waals surface area contributed by atoms with E-state index < -0.39 is 0 Å². The van der Waals surface area contributed by atoms with Crippen molar-refractivity contribution in [2.45, 2.75) is 57.9 Å². The molecule has 6 heteroatoms. The number of carbonyl (C=O) groups excluding carboxylic acids is 2. The number of hydrogen-bond acceptors (Lipinski definition) is 4. The summed E-state index contributed by atoms with van der Waals surface area (Å²) in [4.78, 5) is 26.7. The molecule has 5 nitrogen and oxygen atoms in total. The largest absolute Gasteiger partial charge is 0.496 e. The van der Waals surface area contributed by atoms with Gasteiger partial charge < -0.3 is 15.0 Å². The van der Waals surface area contributed by atoms with Crippen molar-refractivity contribution in [3.8, 4) is 5.75 Å². The van der Waals surface area contributed by atoms with Crippen LogP contribution in [0, 0.1) is 0 Å². The van der Waals surface area contributed by atoms with Gasteiger partial charge in [0.05, 0.1) is 12.8 Å². The first kappa shape index (κ1) is 24.3. The van der Waals surface area contributed by atoms with Gasteiger partial charge in [0.2, 0.25) is 5.91 Å². The van der Waals surface area contributed by atoms with Gasteiger partial charge in [0, 0.05) is 31.0 Å². The highest BCUT2D eigenvalue weighted by Crippen LogP contribution is 2.37. The normalized spacial score (nSPS) is 15.2. The third-order valence-electron chi connectivity index (χ3n) is 6.42. The Kier molecular flexibility index (Phi) is 8.32. The first-order chi connectivity index (χ1) is 15.1. The molecule has 0 saturated heterocycles. The van der Waals surface area contributed by atoms with Gasteiger partial charge in [-0.25, -0.2) is 0 Å². The Morgan fingerprint density at radius 2 is 1.88 bits per heavy atom. The van der Waals surface area contributed by atoms with E-state index in [-0.39, 0.29) is 24.1 Å². The minimum Gasteiger partial charge on any atom is -0.496 e. The molecule has 1 N–H and O–H groups in total. The molecule has 1 atom stereocenters. The van der Waals surface area contributed by atoms with Crippen LogP contribution in [0.1, 0.15) is 59.7 Å². The molecule has 2 heterocycles. The molecule has 2 aromatic carbocycles. The molecule has 0 bridgehead atoms. The minimum absolute atomic E-state index is 0. The predicted molar refractivity (Wildman–Crippen MR) is 130 cm³/mol. The zero-order chi connectivity index (χ0) is 21.8. The molecule has 2 aliphatic heterocycles. The van der Waals surface area contributed by atoms with Crippen LogP contribution in [0.5, 0.6) is 5.75 Å². The van der Waals surface area contributed by atoms with Gasteiger partial charge in [-0.05, 0) is 80.5 Å². The lowest BCUT2D eigenvalue weighted by Gasteiger charge is -2.25. The van der Waals surface area contributed by atoms with E-state index in [0.717, 1.165) is 62.2 Å². The van der Waals surface area contributed by atoms with E-state index in [2.05, 4.69) is 18.3 Å². The zero-order valence-corrected chi connectivity index (χ0v) is 19.8. The van der Waals surface area contributed by atoms with Crippen molar-refractivity contribution in [3.05, 3.63) is 58.7 Å². The van der Waals surface area contributed by atoms with E-state index in [1.165, 1.54) is 16.7 Å². The van der Waals surface area contributed by atoms with Gasteiger partial charge in [0.15, 0.2) is 5.78 Å². The van der Waals surface area contributed by atoms with Crippen molar-refractivity contribution < 1.29 is 14.3 Å². The maximum absolute atomic E-state index is 12.8. The van der Waals surface area contributed by atoms with Crippen molar-refractivity contribution in [1.82, 2.24) is 5.32 Å². The van der Waals surface area contributed by atoms with E-state index >= 15 is 0 Å². The Morgan fingerprint density at radius 3 is 2.66 bits per heavy atom. The summed E-state index contributed by atoms with van der Waals surface area (Å²) in [6.45, 7) is 3.84. The van der Waals surface area contributed by atoms with Crippen molar-refractivity contribution in [2.24, 2.45) is 0 Å². The molecule has 4 rings (SSSR count). The van der Waals surface area contributed by atoms with Crippen molar-refractivity contribution in [3.63, 3.8) is 0 Å². The molecule has 1 amide bonds. The highest BCUT2D eigenvalue weighted by Gasteiger charge is 2.31. The molecule has 2 aliphatic rings. The Labute approximate surface area is 196 Å². The van der Waals surface area contributed by atoms with E-state index in [1.54, 1.807) is 7.11 Å². The Morgan fingerprint density at radius 1 is 1.12 bits per heavy atom. The third-order valence-corrected chi connectivity index (χ3v) is 6.42. The highest BCUT2D eigenvalue weighted by atomic mass is 35.5. The summed E-state index contributed by atoms with van der Waals surface area (Å²) in [6.07, 6.45) is 5.52. The summed E-state index contributed by atoms with van der Waals surface area (Å²) < 4.78 is 5.43. The fourth-order valence-electron chi connectivity index (χ4n) is 4.80. The van der Waals surface area contributed by atoms with Gasteiger partial charge >= 0.3 is 0 Å². The molecule has 1 unspecified atom stereocenters. The number of halogens is 1. The Balaban J connectivity index is 0.00000289. The number of ether oxygens (including phenoxy) is 1. The molecule has 0 fully saturated rings. The number of aryl methyl sites for hydroxylation is 1. The number of amides is 1. The molecule has 0 saturated carbocycles. The SMILES string of the molecule is COc1ccccc1CC(C)NCCCCC(=O)c1cc2c3c(c1)CCN3C(=O)CC2.Cl. The fourth-order valence-corrected chi connectivity index (χ4v) is 4.80. The smallest absolute Gasteiger partial charge is 0.227 e. The second-order valence-corrected chi connectivity index (χ2v) is 8.69. The minimum atomic E-state index is 0. The number of carbonyl (C=O) groups is 2. The molecule has 2 aromatic rings. The number of Topliss-reactive ketones (excluding diaryl/α,β-unsaturated/α-hetero) is 1. The lowest BCUT2D eigenvalue weighted by Crippen LogP contribution is -2.32. The monoisotopic (exact) mass is 456 g/mol. The second-order valence-electron chi connectivity index (χ2n) is 8.69. The molecule has 32 heavy (non-hydrogen) atoms. The maximum atomic E-state index is 12.8. The summed E-state index contributed by atoms with van der Waals surface area (Å²) in [6, 6.07) is 12.5. The van der Waals surface area contributed by atoms with Crippen LogP contribution in [0.15, 0.2) is 36.4 Å². The first-order valence-corrected chi connectivity index (χ1v) is 11.4. The quantitative estimate of drug-likeness (QED) is 0.421. The van der Waals surface area contributed by atoms with Gasteiger partial charge in [-0.1, -0.05) is 18.2 Å². The lowest BCUT2D eigenvalue weighted by molar-refractivity contribution is -0.118. The number of methoxy groups -OCH3 is 1. The summed E-state index contributed by atoms with van der Waals surface area (Å²) >= 11 is 0. The topological polar surface area (TPSA) is 58.6 Å². The fraction of sp³-hybridized carbons (Fsp3) is 0.462. The second kappa shape index (κ2) is 11.0. The van der Waals surface area contributed by atoms with Gasteiger partial charge in [-0.2, -0.15) is 0 Å². The van der Waals surface area contributed by atoms with Crippen LogP contribution in [0.4, 0.5) is 5.69 Å². The molecule has 0 spiro atoms. The Bertz CT molecular complexity index is 976. The van der Waals surface area contributed by atoms with Crippen molar-refractivity contribution in [1.29, 1.82) is 0 Å². The number of unbranched alkanes of at least 4 members (excludes halogenated alkanes) is 1. The number of nitrogens with one attached hydrogen (secondary N) is 1. The molecular formula is C26H33ClN2O3. The average molecular weight is 457 g/mol. The number of ketones is 1. The summed E-state index contributed by atoms with van der Waals surface area (Å²) in [5.74, 6) is 1.37. The van der Waals surface area contributed by atoms with E-state index in [1.807, 2.05) is 35.2 Å². The average Bonchev–Trinajstić information content (AvgIpc) is 3.21. The van der Waals surface area contributed by atoms with Crippen LogP contribution >= 0.6 is 12.4 Å². The standard InChI is InChI=1S/C26H32N2O3.ClH/c1-18(15-19-7-3-4-9-24(19)31-2)27-13-6-5-8-23(29)22-16-20-10-11-25(30)28-14-12-21(17-22)26(20)28;/h3-4,7,9,16-18,27H,5-6,8,10-15H2,1-2H3;1H. The Hall–Kier alpha value is -2.37. The van der Waals surface area contributed by atoms with Crippen LogP contribution in [-0.4, -0.2) is 37.9 Å². The zero-order valence-electron chi connectivity index (χ0n) is 19.0. The number of rotatable bonds is 10. The van der Waals surface area contributed by atoms with Crippen LogP contribution in [-0.2, 0) is 24.1 Å². The van der Waals surface area contributed by atoms with Crippen LogP contribution < -0.4 is 15.0 Å². The number of para-hydroxylation sites is 1. The number of nitrogens with zero attached hydrogens (tertiary/aromatic N) is 1. The molecule has 172 valence electrons. The molecule has 0 aliphatic carbocycles.